The highest BCUT2D eigenvalue weighted by atomic mass is 19.1. The lowest BCUT2D eigenvalue weighted by Gasteiger charge is -2.35. The van der Waals surface area contributed by atoms with Gasteiger partial charge in [-0.2, -0.15) is 0 Å². The quantitative estimate of drug-likeness (QED) is 0.473. The van der Waals surface area contributed by atoms with Crippen molar-refractivity contribution in [1.29, 1.82) is 0 Å². The van der Waals surface area contributed by atoms with E-state index in [1.807, 2.05) is 11.8 Å². The largest absolute Gasteiger partial charge is 0.477 e. The van der Waals surface area contributed by atoms with E-state index in [9.17, 15) is 14.7 Å². The Morgan fingerprint density at radius 2 is 2.11 bits per heavy atom. The minimum absolute atomic E-state index is 0.0901. The second kappa shape index (κ2) is 6.53. The van der Waals surface area contributed by atoms with Crippen LogP contribution in [-0.4, -0.2) is 48.8 Å². The topological polar surface area (TPSA) is 82.1 Å². The molecule has 1 unspecified atom stereocenters. The Hall–Kier alpha value is -2.61. The average molecular weight is 375 g/mol. The molecule has 7 nitrogen and oxygen atoms in total. The molecule has 3 aliphatic rings. The van der Waals surface area contributed by atoms with E-state index in [-0.39, 0.29) is 23.4 Å². The van der Waals surface area contributed by atoms with Crippen LogP contribution in [-0.2, 0) is 9.59 Å². The minimum atomic E-state index is -1.35. The molecule has 1 aliphatic carbocycles. The summed E-state index contributed by atoms with van der Waals surface area (Å²) in [5.74, 6) is -2.67. The highest BCUT2D eigenvalue weighted by molar-refractivity contribution is 6.15. The maximum absolute atomic E-state index is 15.2. The van der Waals surface area contributed by atoms with Gasteiger partial charge in [-0.25, -0.2) is 14.0 Å². The minimum Gasteiger partial charge on any atom is -0.477 e. The highest BCUT2D eigenvalue weighted by Gasteiger charge is 2.37. The first-order valence-corrected chi connectivity index (χ1v) is 9.14. The van der Waals surface area contributed by atoms with Crippen molar-refractivity contribution < 1.29 is 23.8 Å². The zero-order valence-corrected chi connectivity index (χ0v) is 15.3. The van der Waals surface area contributed by atoms with Crippen molar-refractivity contribution in [3.63, 3.8) is 0 Å². The first-order chi connectivity index (χ1) is 12.9. The van der Waals surface area contributed by atoms with Gasteiger partial charge in [-0.15, -0.1) is 0 Å². The van der Waals surface area contributed by atoms with E-state index in [2.05, 4.69) is 5.32 Å². The van der Waals surface area contributed by atoms with Crippen molar-refractivity contribution in [1.82, 2.24) is 5.32 Å². The summed E-state index contributed by atoms with van der Waals surface area (Å²) in [7, 11) is 0. The van der Waals surface area contributed by atoms with Crippen LogP contribution in [0.25, 0.3) is 0 Å². The smallest absolute Gasteiger partial charge is 0.352 e. The molecule has 1 saturated heterocycles. The third-order valence-electron chi connectivity index (χ3n) is 5.24. The third-order valence-corrected chi connectivity index (χ3v) is 5.24. The number of anilines is 2. The lowest BCUT2D eigenvalue weighted by Crippen LogP contribution is -2.49. The number of aliphatic carboxylic acids is 1. The van der Waals surface area contributed by atoms with Gasteiger partial charge in [0.1, 0.15) is 0 Å². The Balaban J connectivity index is 1.84. The first kappa shape index (κ1) is 17.8. The van der Waals surface area contributed by atoms with Crippen LogP contribution in [0.3, 0.4) is 0 Å². The molecular formula is C19H22FN3O4. The van der Waals surface area contributed by atoms with Crippen molar-refractivity contribution in [3.8, 4) is 5.75 Å². The van der Waals surface area contributed by atoms with Crippen molar-refractivity contribution in [2.75, 3.05) is 29.4 Å². The fourth-order valence-corrected chi connectivity index (χ4v) is 3.65. The Morgan fingerprint density at radius 3 is 2.74 bits per heavy atom. The van der Waals surface area contributed by atoms with Crippen LogP contribution in [0.5, 0.6) is 5.75 Å². The zero-order valence-electron chi connectivity index (χ0n) is 15.3. The fourth-order valence-electron chi connectivity index (χ4n) is 3.65. The SMILES string of the molecule is Cc1c(F)c(N2CCNC(C)C2)cc2c1OC(=O)C(C(=O)O)=CN2C1CC1. The number of halogens is 1. The normalized spacial score (nSPS) is 22.7. The summed E-state index contributed by atoms with van der Waals surface area (Å²) in [6, 6.07) is 2.00. The molecule has 2 aliphatic heterocycles. The molecule has 1 atom stereocenters. The van der Waals surface area contributed by atoms with Crippen molar-refractivity contribution >= 4 is 23.3 Å². The lowest BCUT2D eigenvalue weighted by molar-refractivity contribution is -0.138. The van der Waals surface area contributed by atoms with Gasteiger partial charge in [-0.05, 0) is 32.8 Å². The van der Waals surface area contributed by atoms with Gasteiger partial charge in [0, 0.05) is 43.5 Å². The van der Waals surface area contributed by atoms with Gasteiger partial charge < -0.3 is 25.0 Å². The number of carboxylic acid groups (broad SMARTS) is 1. The van der Waals surface area contributed by atoms with E-state index in [0.29, 0.717) is 24.5 Å². The number of carbonyl (C=O) groups excluding carboxylic acids is 1. The lowest BCUT2D eigenvalue weighted by atomic mass is 10.1. The number of ether oxygens (including phenoxy) is 1. The number of fused-ring (bicyclic) bond motifs is 1. The molecule has 144 valence electrons. The van der Waals surface area contributed by atoms with E-state index >= 15 is 4.39 Å². The van der Waals surface area contributed by atoms with Crippen molar-refractivity contribution in [2.45, 2.75) is 38.8 Å². The van der Waals surface area contributed by atoms with Crippen LogP contribution in [0.2, 0.25) is 0 Å². The molecule has 4 rings (SSSR count). The second-order valence-corrected chi connectivity index (χ2v) is 7.36. The molecule has 1 saturated carbocycles. The molecule has 0 radical (unpaired) electrons. The Morgan fingerprint density at radius 1 is 1.37 bits per heavy atom. The number of carboxylic acids is 1. The monoisotopic (exact) mass is 375 g/mol. The molecule has 1 aromatic rings. The molecule has 2 N–H and O–H groups in total. The maximum Gasteiger partial charge on any atom is 0.352 e. The summed E-state index contributed by atoms with van der Waals surface area (Å²) in [4.78, 5) is 27.5. The van der Waals surface area contributed by atoms with Crippen LogP contribution in [0, 0.1) is 12.7 Å². The highest BCUT2D eigenvalue weighted by Crippen LogP contribution is 2.45. The Kier molecular flexibility index (Phi) is 4.30. The number of carbonyl (C=O) groups is 2. The van der Waals surface area contributed by atoms with Crippen LogP contribution < -0.4 is 19.9 Å². The fraction of sp³-hybridized carbons (Fsp3) is 0.474. The number of piperazine rings is 1. The van der Waals surface area contributed by atoms with Gasteiger partial charge in [0.25, 0.3) is 0 Å². The number of benzene rings is 1. The van der Waals surface area contributed by atoms with Gasteiger partial charge >= 0.3 is 11.9 Å². The van der Waals surface area contributed by atoms with Gasteiger partial charge in [-0.1, -0.05) is 0 Å². The summed E-state index contributed by atoms with van der Waals surface area (Å²) < 4.78 is 20.5. The Labute approximate surface area is 156 Å². The number of esters is 1. The van der Waals surface area contributed by atoms with Crippen LogP contribution in [0.15, 0.2) is 17.8 Å². The summed E-state index contributed by atoms with van der Waals surface area (Å²) in [5.41, 5.74) is 0.763. The molecule has 2 fully saturated rings. The van der Waals surface area contributed by atoms with Crippen molar-refractivity contribution in [2.24, 2.45) is 0 Å². The third kappa shape index (κ3) is 3.14. The average Bonchev–Trinajstić information content (AvgIpc) is 3.45. The molecule has 0 amide bonds. The van der Waals surface area contributed by atoms with Gasteiger partial charge in [0.15, 0.2) is 17.1 Å². The van der Waals surface area contributed by atoms with E-state index < -0.39 is 23.3 Å². The standard InChI is InChI=1S/C19H22FN3O4/c1-10-8-22(6-5-21-10)14-7-15-17(11(2)16(14)20)27-19(26)13(18(24)25)9-23(15)12-3-4-12/h7,9-10,12,21H,3-6,8H2,1-2H3,(H,24,25). The van der Waals surface area contributed by atoms with Gasteiger partial charge in [-0.3, -0.25) is 0 Å². The Bertz CT molecular complexity index is 850. The summed E-state index contributed by atoms with van der Waals surface area (Å²) in [6.07, 6.45) is 3.09. The number of rotatable bonds is 3. The van der Waals surface area contributed by atoms with Crippen LogP contribution in [0.1, 0.15) is 25.3 Å². The summed E-state index contributed by atoms with van der Waals surface area (Å²) >= 11 is 0. The van der Waals surface area contributed by atoms with E-state index in [0.717, 1.165) is 19.4 Å². The van der Waals surface area contributed by atoms with Gasteiger partial charge in [0.2, 0.25) is 0 Å². The molecule has 0 bridgehead atoms. The molecule has 27 heavy (non-hydrogen) atoms. The maximum atomic E-state index is 15.2. The summed E-state index contributed by atoms with van der Waals surface area (Å²) in [5, 5.41) is 12.7. The predicted molar refractivity (Wildman–Crippen MR) is 97.7 cm³/mol. The number of hydrogen-bond acceptors (Lipinski definition) is 6. The summed E-state index contributed by atoms with van der Waals surface area (Å²) in [6.45, 7) is 5.68. The molecule has 0 spiro atoms. The van der Waals surface area contributed by atoms with Crippen LogP contribution in [0.4, 0.5) is 15.8 Å². The van der Waals surface area contributed by atoms with E-state index in [1.54, 1.807) is 17.9 Å². The van der Waals surface area contributed by atoms with Gasteiger partial charge in [0.05, 0.1) is 11.4 Å². The first-order valence-electron chi connectivity index (χ1n) is 9.14. The van der Waals surface area contributed by atoms with Crippen LogP contribution >= 0.6 is 0 Å². The molecular weight excluding hydrogens is 353 g/mol. The van der Waals surface area contributed by atoms with Crippen molar-refractivity contribution in [3.05, 3.63) is 29.2 Å². The molecule has 0 aromatic heterocycles. The zero-order chi connectivity index (χ0) is 19.3. The van der Waals surface area contributed by atoms with E-state index in [4.69, 9.17) is 4.74 Å². The number of nitrogens with one attached hydrogen (secondary N) is 1. The van der Waals surface area contributed by atoms with E-state index in [1.165, 1.54) is 6.20 Å². The second-order valence-electron chi connectivity index (χ2n) is 7.36. The molecule has 2 heterocycles. The molecule has 1 aromatic carbocycles. The molecule has 8 heteroatoms. The predicted octanol–water partition coefficient (Wildman–Crippen LogP) is 1.79. The number of hydrogen-bond donors (Lipinski definition) is 2. The number of nitrogens with zero attached hydrogens (tertiary/aromatic N) is 2.